The summed E-state index contributed by atoms with van der Waals surface area (Å²) in [4.78, 5) is 20.0. The molecule has 0 fully saturated rings. The molecule has 0 saturated carbocycles. The van der Waals surface area contributed by atoms with Crippen LogP contribution in [0.3, 0.4) is 0 Å². The number of hydrogen-bond donors (Lipinski definition) is 1. The van der Waals surface area contributed by atoms with Crippen LogP contribution in [-0.4, -0.2) is 16.0 Å². The first-order valence-corrected chi connectivity index (χ1v) is 4.42. The van der Waals surface area contributed by atoms with E-state index < -0.39 is 10.9 Å². The Balaban J connectivity index is 2.69. The van der Waals surface area contributed by atoms with Gasteiger partial charge in [0.05, 0.1) is 4.92 Å². The van der Waals surface area contributed by atoms with Gasteiger partial charge in [0.1, 0.15) is 0 Å². The average molecular weight is 219 g/mol. The fraction of sp³-hybridized carbons (Fsp3) is 0. The first-order chi connectivity index (χ1) is 7.59. The van der Waals surface area contributed by atoms with Crippen molar-refractivity contribution in [3.05, 3.63) is 58.2 Å². The predicted molar refractivity (Wildman–Crippen MR) is 58.9 cm³/mol. The third kappa shape index (κ3) is 3.75. The van der Waals surface area contributed by atoms with Gasteiger partial charge in [0.2, 0.25) is 0 Å². The lowest BCUT2D eigenvalue weighted by molar-refractivity contribution is -0.384. The van der Waals surface area contributed by atoms with Crippen LogP contribution in [-0.2, 0) is 4.79 Å². The van der Waals surface area contributed by atoms with Gasteiger partial charge in [-0.2, -0.15) is 0 Å². The first-order valence-electron chi connectivity index (χ1n) is 4.42. The molecule has 16 heavy (non-hydrogen) atoms. The Morgan fingerprint density at radius 3 is 2.38 bits per heavy atom. The van der Waals surface area contributed by atoms with E-state index in [1.807, 2.05) is 0 Å². The number of carbonyl (C=O) groups is 1. The van der Waals surface area contributed by atoms with Crippen LogP contribution < -0.4 is 0 Å². The van der Waals surface area contributed by atoms with Crippen molar-refractivity contribution in [1.82, 2.24) is 0 Å². The van der Waals surface area contributed by atoms with Gasteiger partial charge in [-0.25, -0.2) is 4.79 Å². The van der Waals surface area contributed by atoms with Gasteiger partial charge in [-0.05, 0) is 17.7 Å². The van der Waals surface area contributed by atoms with Crippen LogP contribution in [0, 0.1) is 10.1 Å². The number of aliphatic carboxylic acids is 1. The normalized spacial score (nSPS) is 11.0. The highest BCUT2D eigenvalue weighted by Crippen LogP contribution is 2.12. The van der Waals surface area contributed by atoms with Crippen LogP contribution in [0.1, 0.15) is 5.56 Å². The van der Waals surface area contributed by atoms with Crippen molar-refractivity contribution in [2.24, 2.45) is 0 Å². The summed E-state index contributed by atoms with van der Waals surface area (Å²) in [6, 6.07) is 5.95. The van der Waals surface area contributed by atoms with E-state index in [0.29, 0.717) is 0 Å². The average Bonchev–Trinajstić information content (AvgIpc) is 2.25. The largest absolute Gasteiger partial charge is 0.478 e. The summed E-state index contributed by atoms with van der Waals surface area (Å²) in [5, 5.41) is 18.7. The highest BCUT2D eigenvalue weighted by molar-refractivity contribution is 5.80. The second-order valence-electron chi connectivity index (χ2n) is 2.91. The van der Waals surface area contributed by atoms with Crippen LogP contribution >= 0.6 is 0 Å². The third-order valence-electron chi connectivity index (χ3n) is 1.74. The van der Waals surface area contributed by atoms with E-state index in [-0.39, 0.29) is 5.69 Å². The Morgan fingerprint density at radius 2 is 1.88 bits per heavy atom. The molecule has 0 bridgehead atoms. The van der Waals surface area contributed by atoms with Crippen LogP contribution in [0.5, 0.6) is 0 Å². The van der Waals surface area contributed by atoms with E-state index in [0.717, 1.165) is 11.6 Å². The molecule has 0 unspecified atom stereocenters. The smallest absolute Gasteiger partial charge is 0.328 e. The van der Waals surface area contributed by atoms with Gasteiger partial charge >= 0.3 is 5.97 Å². The molecule has 82 valence electrons. The zero-order chi connectivity index (χ0) is 12.0. The molecule has 0 atom stereocenters. The van der Waals surface area contributed by atoms with Gasteiger partial charge in [-0.15, -0.1) is 0 Å². The van der Waals surface area contributed by atoms with Crippen molar-refractivity contribution in [2.75, 3.05) is 0 Å². The molecule has 0 spiro atoms. The monoisotopic (exact) mass is 219 g/mol. The molecule has 0 aromatic heterocycles. The molecule has 5 heteroatoms. The number of benzene rings is 1. The van der Waals surface area contributed by atoms with Crippen molar-refractivity contribution in [3.8, 4) is 0 Å². The molecule has 0 aliphatic carbocycles. The highest BCUT2D eigenvalue weighted by atomic mass is 16.6. The minimum Gasteiger partial charge on any atom is -0.478 e. The Labute approximate surface area is 91.5 Å². The minimum absolute atomic E-state index is 0.0261. The molecule has 1 aromatic carbocycles. The van der Waals surface area contributed by atoms with E-state index in [9.17, 15) is 14.9 Å². The lowest BCUT2D eigenvalue weighted by Gasteiger charge is -1.92. The second-order valence-corrected chi connectivity index (χ2v) is 2.91. The molecule has 0 saturated heterocycles. The summed E-state index contributed by atoms with van der Waals surface area (Å²) in [6.07, 6.45) is 5.59. The van der Waals surface area contributed by atoms with Crippen molar-refractivity contribution in [2.45, 2.75) is 0 Å². The SMILES string of the molecule is O=C(O)/C=C\C=C\c1ccc([N+](=O)[O-])cc1. The van der Waals surface area contributed by atoms with Crippen molar-refractivity contribution >= 4 is 17.7 Å². The Morgan fingerprint density at radius 1 is 1.25 bits per heavy atom. The lowest BCUT2D eigenvalue weighted by Crippen LogP contribution is -1.86. The van der Waals surface area contributed by atoms with E-state index in [4.69, 9.17) is 5.11 Å². The zero-order valence-corrected chi connectivity index (χ0v) is 8.24. The van der Waals surface area contributed by atoms with Crippen molar-refractivity contribution in [3.63, 3.8) is 0 Å². The zero-order valence-electron chi connectivity index (χ0n) is 8.24. The maximum Gasteiger partial charge on any atom is 0.328 e. The Bertz CT molecular complexity index is 446. The molecule has 0 aliphatic rings. The number of nitro groups is 1. The maximum absolute atomic E-state index is 10.4. The molecule has 0 radical (unpaired) electrons. The van der Waals surface area contributed by atoms with Crippen LogP contribution in [0.15, 0.2) is 42.5 Å². The number of rotatable bonds is 4. The molecule has 1 aromatic rings. The Hall–Kier alpha value is -2.43. The summed E-state index contributed by atoms with van der Waals surface area (Å²) in [5.41, 5.74) is 0.791. The van der Waals surface area contributed by atoms with Gasteiger partial charge in [-0.3, -0.25) is 10.1 Å². The number of carboxylic acids is 1. The number of allylic oxidation sites excluding steroid dienone is 2. The molecular formula is C11H9NO4. The minimum atomic E-state index is -1.02. The number of nitrogens with zero attached hydrogens (tertiary/aromatic N) is 1. The summed E-state index contributed by atoms with van der Waals surface area (Å²) in [6.45, 7) is 0. The quantitative estimate of drug-likeness (QED) is 0.364. The fourth-order valence-corrected chi connectivity index (χ4v) is 1.01. The van der Waals surface area contributed by atoms with E-state index in [1.54, 1.807) is 24.3 Å². The van der Waals surface area contributed by atoms with Gasteiger partial charge in [0.15, 0.2) is 0 Å². The summed E-state index contributed by atoms with van der Waals surface area (Å²) >= 11 is 0. The van der Waals surface area contributed by atoms with E-state index in [1.165, 1.54) is 18.2 Å². The summed E-state index contributed by atoms with van der Waals surface area (Å²) < 4.78 is 0. The van der Waals surface area contributed by atoms with E-state index in [2.05, 4.69) is 0 Å². The van der Waals surface area contributed by atoms with Crippen molar-refractivity contribution in [1.29, 1.82) is 0 Å². The highest BCUT2D eigenvalue weighted by Gasteiger charge is 2.01. The molecule has 0 amide bonds. The fourth-order valence-electron chi connectivity index (χ4n) is 1.01. The van der Waals surface area contributed by atoms with Crippen molar-refractivity contribution < 1.29 is 14.8 Å². The molecule has 1 N–H and O–H groups in total. The standard InChI is InChI=1S/C11H9NO4/c13-11(14)4-2-1-3-9-5-7-10(8-6-9)12(15)16/h1-8H,(H,13,14)/b3-1+,4-2-. The van der Waals surface area contributed by atoms with E-state index >= 15 is 0 Å². The number of nitro benzene ring substituents is 1. The molecule has 0 heterocycles. The number of hydrogen-bond acceptors (Lipinski definition) is 3. The first kappa shape index (κ1) is 11.6. The van der Waals surface area contributed by atoms with Gasteiger partial charge in [-0.1, -0.05) is 18.2 Å². The maximum atomic E-state index is 10.4. The molecule has 5 nitrogen and oxygen atoms in total. The predicted octanol–water partition coefficient (Wildman–Crippen LogP) is 2.25. The van der Waals surface area contributed by atoms with Gasteiger partial charge in [0, 0.05) is 18.2 Å². The molecular weight excluding hydrogens is 210 g/mol. The number of carboxylic acid groups (broad SMARTS) is 1. The van der Waals surface area contributed by atoms with Crippen LogP contribution in [0.25, 0.3) is 6.08 Å². The summed E-state index contributed by atoms with van der Waals surface area (Å²) in [5.74, 6) is -1.02. The Kier molecular flexibility index (Phi) is 3.97. The topological polar surface area (TPSA) is 80.4 Å². The second kappa shape index (κ2) is 5.45. The molecule has 0 aliphatic heterocycles. The van der Waals surface area contributed by atoms with Crippen LogP contribution in [0.2, 0.25) is 0 Å². The summed E-state index contributed by atoms with van der Waals surface area (Å²) in [7, 11) is 0. The van der Waals surface area contributed by atoms with Gasteiger partial charge < -0.3 is 5.11 Å². The van der Waals surface area contributed by atoms with Gasteiger partial charge in [0.25, 0.3) is 5.69 Å². The van der Waals surface area contributed by atoms with Crippen LogP contribution in [0.4, 0.5) is 5.69 Å². The number of non-ortho nitro benzene ring substituents is 1. The third-order valence-corrected chi connectivity index (χ3v) is 1.74. The molecule has 1 rings (SSSR count). The lowest BCUT2D eigenvalue weighted by atomic mass is 10.2.